The van der Waals surface area contributed by atoms with Gasteiger partial charge >= 0.3 is 0 Å². The normalized spacial score (nSPS) is 10.6. The average molecular weight is 271 g/mol. The maximum atomic E-state index is 12.6. The molecule has 0 aliphatic carbocycles. The summed E-state index contributed by atoms with van der Waals surface area (Å²) >= 11 is 0. The van der Waals surface area contributed by atoms with E-state index in [1.165, 1.54) is 0 Å². The minimum absolute atomic E-state index is 0.0496. The molecular weight excluding hydrogens is 250 g/mol. The Kier molecular flexibility index (Phi) is 4.56. The van der Waals surface area contributed by atoms with Crippen molar-refractivity contribution in [3.05, 3.63) is 35.9 Å². The molecule has 0 spiro atoms. The second-order valence-corrected chi connectivity index (χ2v) is 4.90. The lowest BCUT2D eigenvalue weighted by Crippen LogP contribution is -2.28. The molecule has 4 nitrogen and oxygen atoms in total. The first-order chi connectivity index (χ1) is 9.67. The summed E-state index contributed by atoms with van der Waals surface area (Å²) in [6, 6.07) is 9.57. The Bertz CT molecular complexity index is 610. The minimum Gasteiger partial charge on any atom is -0.373 e. The van der Waals surface area contributed by atoms with Gasteiger partial charge in [0.2, 0.25) is 0 Å². The van der Waals surface area contributed by atoms with Crippen molar-refractivity contribution >= 4 is 22.6 Å². The number of anilines is 1. The Morgan fingerprint density at radius 3 is 2.80 bits per heavy atom. The van der Waals surface area contributed by atoms with Crippen LogP contribution in [0.3, 0.4) is 0 Å². The largest absolute Gasteiger partial charge is 0.373 e. The standard InChI is InChI=1S/C16H21N3O/c1-4-5-10-19(3)16(20)13-11-15(17-2)18-14-9-7-6-8-12(13)14/h6-9,11H,4-5,10H2,1-3H3,(H,17,18). The maximum Gasteiger partial charge on any atom is 0.254 e. The molecule has 1 aromatic carbocycles. The van der Waals surface area contributed by atoms with Crippen LogP contribution in [0, 0.1) is 0 Å². The first-order valence-corrected chi connectivity index (χ1v) is 7.00. The van der Waals surface area contributed by atoms with E-state index in [9.17, 15) is 4.79 Å². The van der Waals surface area contributed by atoms with Gasteiger partial charge in [-0.2, -0.15) is 0 Å². The smallest absolute Gasteiger partial charge is 0.254 e. The molecule has 0 bridgehead atoms. The summed E-state index contributed by atoms with van der Waals surface area (Å²) in [6.07, 6.45) is 2.10. The maximum absolute atomic E-state index is 12.6. The van der Waals surface area contributed by atoms with Crippen LogP contribution in [0.1, 0.15) is 30.1 Å². The van der Waals surface area contributed by atoms with E-state index < -0.39 is 0 Å². The lowest BCUT2D eigenvalue weighted by molar-refractivity contribution is 0.0795. The van der Waals surface area contributed by atoms with Crippen molar-refractivity contribution in [3.8, 4) is 0 Å². The third kappa shape index (κ3) is 2.90. The first-order valence-electron chi connectivity index (χ1n) is 7.00. The summed E-state index contributed by atoms with van der Waals surface area (Å²) in [5.41, 5.74) is 1.55. The molecule has 0 aliphatic rings. The third-order valence-electron chi connectivity index (χ3n) is 3.40. The quantitative estimate of drug-likeness (QED) is 0.908. The van der Waals surface area contributed by atoms with E-state index in [2.05, 4.69) is 17.2 Å². The van der Waals surface area contributed by atoms with Crippen molar-refractivity contribution in [2.75, 3.05) is 26.0 Å². The van der Waals surface area contributed by atoms with Crippen molar-refractivity contribution in [3.63, 3.8) is 0 Å². The van der Waals surface area contributed by atoms with Gasteiger partial charge in [0.05, 0.1) is 11.1 Å². The van der Waals surface area contributed by atoms with Crippen LogP contribution in [0.4, 0.5) is 5.82 Å². The number of hydrogen-bond donors (Lipinski definition) is 1. The van der Waals surface area contributed by atoms with Crippen LogP contribution < -0.4 is 5.32 Å². The number of amides is 1. The van der Waals surface area contributed by atoms with Gasteiger partial charge in [0.1, 0.15) is 5.82 Å². The third-order valence-corrected chi connectivity index (χ3v) is 3.40. The molecule has 2 rings (SSSR count). The minimum atomic E-state index is 0.0496. The molecule has 1 heterocycles. The molecule has 0 aliphatic heterocycles. The van der Waals surface area contributed by atoms with Gasteiger partial charge in [-0.25, -0.2) is 4.98 Å². The molecule has 106 valence electrons. The summed E-state index contributed by atoms with van der Waals surface area (Å²) in [4.78, 5) is 18.9. The van der Waals surface area contributed by atoms with Crippen molar-refractivity contribution in [1.82, 2.24) is 9.88 Å². The van der Waals surface area contributed by atoms with Crippen LogP contribution in [0.2, 0.25) is 0 Å². The second-order valence-electron chi connectivity index (χ2n) is 4.90. The number of nitrogens with zero attached hydrogens (tertiary/aromatic N) is 2. The summed E-state index contributed by atoms with van der Waals surface area (Å²) < 4.78 is 0. The van der Waals surface area contributed by atoms with E-state index in [4.69, 9.17) is 0 Å². The number of benzene rings is 1. The molecule has 0 fully saturated rings. The van der Waals surface area contributed by atoms with Gasteiger partial charge in [-0.05, 0) is 18.6 Å². The first kappa shape index (κ1) is 14.3. The molecule has 0 saturated heterocycles. The van der Waals surface area contributed by atoms with E-state index in [1.54, 1.807) is 4.90 Å². The zero-order valence-corrected chi connectivity index (χ0v) is 12.3. The van der Waals surface area contributed by atoms with Crippen molar-refractivity contribution in [2.24, 2.45) is 0 Å². The van der Waals surface area contributed by atoms with Crippen LogP contribution in [-0.2, 0) is 0 Å². The van der Waals surface area contributed by atoms with Gasteiger partial charge < -0.3 is 10.2 Å². The molecule has 2 aromatic rings. The fourth-order valence-corrected chi connectivity index (χ4v) is 2.18. The molecule has 0 saturated carbocycles. The molecule has 4 heteroatoms. The fourth-order valence-electron chi connectivity index (χ4n) is 2.18. The van der Waals surface area contributed by atoms with Gasteiger partial charge in [0.25, 0.3) is 5.91 Å². The number of fused-ring (bicyclic) bond motifs is 1. The van der Waals surface area contributed by atoms with Crippen molar-refractivity contribution < 1.29 is 4.79 Å². The average Bonchev–Trinajstić information content (AvgIpc) is 2.50. The highest BCUT2D eigenvalue weighted by Gasteiger charge is 2.16. The number of hydrogen-bond acceptors (Lipinski definition) is 3. The Hall–Kier alpha value is -2.10. The van der Waals surface area contributed by atoms with E-state index in [0.717, 1.165) is 36.1 Å². The zero-order chi connectivity index (χ0) is 14.5. The molecule has 1 aromatic heterocycles. The molecule has 1 amide bonds. The monoisotopic (exact) mass is 271 g/mol. The summed E-state index contributed by atoms with van der Waals surface area (Å²) in [5.74, 6) is 0.768. The number of carbonyl (C=O) groups is 1. The lowest BCUT2D eigenvalue weighted by atomic mass is 10.1. The highest BCUT2D eigenvalue weighted by atomic mass is 16.2. The number of aromatic nitrogens is 1. The van der Waals surface area contributed by atoms with Crippen LogP contribution in [0.25, 0.3) is 10.9 Å². The highest BCUT2D eigenvalue weighted by Crippen LogP contribution is 2.21. The fraction of sp³-hybridized carbons (Fsp3) is 0.375. The van der Waals surface area contributed by atoms with Crippen LogP contribution in [0.15, 0.2) is 30.3 Å². The predicted molar refractivity (Wildman–Crippen MR) is 83.2 cm³/mol. The number of para-hydroxylation sites is 1. The summed E-state index contributed by atoms with van der Waals surface area (Å²) in [7, 11) is 3.67. The molecule has 20 heavy (non-hydrogen) atoms. The molecule has 0 unspecified atom stereocenters. The number of nitrogens with one attached hydrogen (secondary N) is 1. The molecule has 0 radical (unpaired) electrons. The van der Waals surface area contributed by atoms with E-state index in [1.807, 2.05) is 44.4 Å². The Labute approximate surface area is 119 Å². The Morgan fingerprint density at radius 2 is 2.10 bits per heavy atom. The van der Waals surface area contributed by atoms with Gasteiger partial charge in [0.15, 0.2) is 0 Å². The SMILES string of the molecule is CCCCN(C)C(=O)c1cc(NC)nc2ccccc12. The Balaban J connectivity index is 2.43. The lowest BCUT2D eigenvalue weighted by Gasteiger charge is -2.18. The summed E-state index contributed by atoms with van der Waals surface area (Å²) in [5, 5.41) is 3.92. The van der Waals surface area contributed by atoms with Crippen LogP contribution in [0.5, 0.6) is 0 Å². The van der Waals surface area contributed by atoms with Gasteiger partial charge in [0, 0.05) is 26.0 Å². The Morgan fingerprint density at radius 1 is 1.35 bits per heavy atom. The number of rotatable bonds is 5. The van der Waals surface area contributed by atoms with Crippen LogP contribution in [-0.4, -0.2) is 36.4 Å². The van der Waals surface area contributed by atoms with Gasteiger partial charge in [-0.15, -0.1) is 0 Å². The topological polar surface area (TPSA) is 45.2 Å². The van der Waals surface area contributed by atoms with E-state index >= 15 is 0 Å². The van der Waals surface area contributed by atoms with E-state index in [-0.39, 0.29) is 5.91 Å². The van der Waals surface area contributed by atoms with Crippen molar-refractivity contribution in [2.45, 2.75) is 19.8 Å². The van der Waals surface area contributed by atoms with E-state index in [0.29, 0.717) is 5.56 Å². The predicted octanol–water partition coefficient (Wildman–Crippen LogP) is 3.15. The highest BCUT2D eigenvalue weighted by molar-refractivity contribution is 6.06. The number of carbonyl (C=O) groups excluding carboxylic acids is 1. The van der Waals surface area contributed by atoms with Crippen LogP contribution >= 0.6 is 0 Å². The van der Waals surface area contributed by atoms with Gasteiger partial charge in [-0.1, -0.05) is 31.5 Å². The molecule has 1 N–H and O–H groups in total. The second kappa shape index (κ2) is 6.37. The van der Waals surface area contributed by atoms with Gasteiger partial charge in [-0.3, -0.25) is 4.79 Å². The molecule has 0 atom stereocenters. The number of unbranched alkanes of at least 4 members (excludes halogenated alkanes) is 1. The summed E-state index contributed by atoms with van der Waals surface area (Å²) in [6.45, 7) is 2.90. The zero-order valence-electron chi connectivity index (χ0n) is 12.3. The van der Waals surface area contributed by atoms with Crippen molar-refractivity contribution in [1.29, 1.82) is 0 Å². The molecular formula is C16H21N3O. The number of pyridine rings is 1.